The van der Waals surface area contributed by atoms with Crippen molar-refractivity contribution in [3.63, 3.8) is 0 Å². The van der Waals surface area contributed by atoms with Crippen molar-refractivity contribution in [2.24, 2.45) is 10.9 Å². The Balaban J connectivity index is 2.25. The average molecular weight is 241 g/mol. The van der Waals surface area contributed by atoms with Crippen LogP contribution in [0.2, 0.25) is 0 Å². The smallest absolute Gasteiger partial charge is 0.193 e. The first kappa shape index (κ1) is 14.3. The van der Waals surface area contributed by atoms with Gasteiger partial charge < -0.3 is 15.0 Å². The minimum atomic E-state index is 0.603. The summed E-state index contributed by atoms with van der Waals surface area (Å²) in [5, 5.41) is 3.34. The quantitative estimate of drug-likeness (QED) is 0.437. The molecule has 0 saturated carbocycles. The summed E-state index contributed by atoms with van der Waals surface area (Å²) < 4.78 is 5.53. The van der Waals surface area contributed by atoms with Gasteiger partial charge in [0.2, 0.25) is 0 Å². The van der Waals surface area contributed by atoms with Gasteiger partial charge in [0, 0.05) is 26.2 Å². The van der Waals surface area contributed by atoms with Crippen molar-refractivity contribution in [1.82, 2.24) is 10.2 Å². The number of rotatable bonds is 6. The van der Waals surface area contributed by atoms with E-state index in [1.165, 1.54) is 12.8 Å². The molecular formula is C13H27N3O. The summed E-state index contributed by atoms with van der Waals surface area (Å²) in [6, 6.07) is 0. The molecule has 0 unspecified atom stereocenters. The zero-order valence-corrected chi connectivity index (χ0v) is 11.5. The molecule has 0 aromatic heterocycles. The maximum Gasteiger partial charge on any atom is 0.193 e. The Labute approximate surface area is 105 Å². The van der Waals surface area contributed by atoms with Crippen LogP contribution in [-0.2, 0) is 4.74 Å². The Hall–Kier alpha value is -0.770. The highest BCUT2D eigenvalue weighted by atomic mass is 16.5. The number of ether oxygens (including phenoxy) is 1. The topological polar surface area (TPSA) is 36.9 Å². The molecular weight excluding hydrogens is 214 g/mol. The molecule has 0 atom stereocenters. The van der Waals surface area contributed by atoms with E-state index in [4.69, 9.17) is 4.74 Å². The minimum absolute atomic E-state index is 0.603. The van der Waals surface area contributed by atoms with Gasteiger partial charge in [0.1, 0.15) is 0 Å². The van der Waals surface area contributed by atoms with E-state index in [-0.39, 0.29) is 0 Å². The fourth-order valence-corrected chi connectivity index (χ4v) is 1.89. The van der Waals surface area contributed by atoms with Crippen LogP contribution in [0.5, 0.6) is 0 Å². The van der Waals surface area contributed by atoms with Crippen molar-refractivity contribution < 1.29 is 4.74 Å². The van der Waals surface area contributed by atoms with Gasteiger partial charge in [-0.2, -0.15) is 0 Å². The van der Waals surface area contributed by atoms with Crippen molar-refractivity contribution in [2.45, 2.75) is 33.6 Å². The van der Waals surface area contributed by atoms with Crippen LogP contribution in [0, 0.1) is 5.92 Å². The molecule has 1 heterocycles. The second kappa shape index (κ2) is 8.34. The van der Waals surface area contributed by atoms with E-state index in [2.05, 4.69) is 36.0 Å². The lowest BCUT2D eigenvalue weighted by Crippen LogP contribution is -2.39. The molecule has 0 aliphatic carbocycles. The zero-order chi connectivity index (χ0) is 12.5. The second-order valence-electron chi connectivity index (χ2n) is 4.90. The molecule has 1 aliphatic rings. The van der Waals surface area contributed by atoms with Crippen molar-refractivity contribution in [3.05, 3.63) is 0 Å². The van der Waals surface area contributed by atoms with Crippen LogP contribution in [0.15, 0.2) is 4.99 Å². The van der Waals surface area contributed by atoms with Crippen LogP contribution in [0.1, 0.15) is 33.6 Å². The third kappa shape index (κ3) is 5.91. The van der Waals surface area contributed by atoms with Crippen molar-refractivity contribution >= 4 is 5.96 Å². The molecule has 0 aromatic carbocycles. The van der Waals surface area contributed by atoms with Gasteiger partial charge in [0.05, 0.1) is 13.2 Å². The normalized spacial score (nSPS) is 16.9. The first-order valence-electron chi connectivity index (χ1n) is 6.85. The summed E-state index contributed by atoms with van der Waals surface area (Å²) in [6.07, 6.45) is 2.57. The number of aliphatic imine (C=N–C) groups is 1. The number of hydrogen-bond donors (Lipinski definition) is 1. The molecule has 1 rings (SSSR count). The SMILES string of the molecule is CCNC(=NCCOCC(C)C)N1CCCC1. The monoisotopic (exact) mass is 241 g/mol. The van der Waals surface area contributed by atoms with Gasteiger partial charge in [-0.15, -0.1) is 0 Å². The van der Waals surface area contributed by atoms with Gasteiger partial charge in [0.25, 0.3) is 0 Å². The van der Waals surface area contributed by atoms with E-state index in [1.54, 1.807) is 0 Å². The van der Waals surface area contributed by atoms with Crippen molar-refractivity contribution in [2.75, 3.05) is 39.4 Å². The third-order valence-electron chi connectivity index (χ3n) is 2.69. The highest BCUT2D eigenvalue weighted by molar-refractivity contribution is 5.80. The van der Waals surface area contributed by atoms with Gasteiger partial charge >= 0.3 is 0 Å². The molecule has 1 aliphatic heterocycles. The van der Waals surface area contributed by atoms with Gasteiger partial charge in [-0.3, -0.25) is 4.99 Å². The highest BCUT2D eigenvalue weighted by Gasteiger charge is 2.14. The summed E-state index contributed by atoms with van der Waals surface area (Å²) in [6.45, 7) is 12.0. The first-order chi connectivity index (χ1) is 8.24. The van der Waals surface area contributed by atoms with Crippen LogP contribution in [0.4, 0.5) is 0 Å². The molecule has 1 saturated heterocycles. The van der Waals surface area contributed by atoms with Gasteiger partial charge in [-0.25, -0.2) is 0 Å². The average Bonchev–Trinajstić information content (AvgIpc) is 2.80. The Kier molecular flexibility index (Phi) is 7.01. The fourth-order valence-electron chi connectivity index (χ4n) is 1.89. The van der Waals surface area contributed by atoms with Crippen LogP contribution >= 0.6 is 0 Å². The van der Waals surface area contributed by atoms with E-state index in [1.807, 2.05) is 0 Å². The van der Waals surface area contributed by atoms with Crippen LogP contribution in [0.25, 0.3) is 0 Å². The van der Waals surface area contributed by atoms with E-state index in [0.717, 1.165) is 45.4 Å². The lowest BCUT2D eigenvalue weighted by atomic mass is 10.2. The number of likely N-dealkylation sites (tertiary alicyclic amines) is 1. The predicted molar refractivity (Wildman–Crippen MR) is 72.4 cm³/mol. The second-order valence-corrected chi connectivity index (χ2v) is 4.90. The first-order valence-corrected chi connectivity index (χ1v) is 6.85. The zero-order valence-electron chi connectivity index (χ0n) is 11.5. The summed E-state index contributed by atoms with van der Waals surface area (Å²) in [4.78, 5) is 6.94. The summed E-state index contributed by atoms with van der Waals surface area (Å²) in [5.74, 6) is 1.66. The highest BCUT2D eigenvalue weighted by Crippen LogP contribution is 2.07. The Bertz CT molecular complexity index is 223. The number of nitrogens with zero attached hydrogens (tertiary/aromatic N) is 2. The molecule has 1 fully saturated rings. The molecule has 17 heavy (non-hydrogen) atoms. The molecule has 4 heteroatoms. The Morgan fingerprint density at radius 1 is 1.35 bits per heavy atom. The number of guanidine groups is 1. The van der Waals surface area contributed by atoms with E-state index < -0.39 is 0 Å². The molecule has 1 N–H and O–H groups in total. The maximum atomic E-state index is 5.53. The Morgan fingerprint density at radius 2 is 2.06 bits per heavy atom. The van der Waals surface area contributed by atoms with Gasteiger partial charge in [-0.05, 0) is 25.7 Å². The number of nitrogens with one attached hydrogen (secondary N) is 1. The standard InChI is InChI=1S/C13H27N3O/c1-4-14-13(16-8-5-6-9-16)15-7-10-17-11-12(2)3/h12H,4-11H2,1-3H3,(H,14,15). The lowest BCUT2D eigenvalue weighted by Gasteiger charge is -2.20. The van der Waals surface area contributed by atoms with Gasteiger partial charge in [-0.1, -0.05) is 13.8 Å². The molecule has 0 bridgehead atoms. The molecule has 4 nitrogen and oxygen atoms in total. The van der Waals surface area contributed by atoms with E-state index >= 15 is 0 Å². The van der Waals surface area contributed by atoms with E-state index in [0.29, 0.717) is 5.92 Å². The summed E-state index contributed by atoms with van der Waals surface area (Å²) in [5.41, 5.74) is 0. The molecule has 0 amide bonds. The molecule has 100 valence electrons. The summed E-state index contributed by atoms with van der Waals surface area (Å²) in [7, 11) is 0. The fraction of sp³-hybridized carbons (Fsp3) is 0.923. The third-order valence-corrected chi connectivity index (χ3v) is 2.69. The Morgan fingerprint density at radius 3 is 2.65 bits per heavy atom. The van der Waals surface area contributed by atoms with Crippen LogP contribution in [-0.4, -0.2) is 50.3 Å². The van der Waals surface area contributed by atoms with Crippen LogP contribution in [0.3, 0.4) is 0 Å². The minimum Gasteiger partial charge on any atom is -0.379 e. The number of hydrogen-bond acceptors (Lipinski definition) is 2. The van der Waals surface area contributed by atoms with Crippen LogP contribution < -0.4 is 5.32 Å². The van der Waals surface area contributed by atoms with Crippen molar-refractivity contribution in [1.29, 1.82) is 0 Å². The lowest BCUT2D eigenvalue weighted by molar-refractivity contribution is 0.116. The van der Waals surface area contributed by atoms with Gasteiger partial charge in [0.15, 0.2) is 5.96 Å². The van der Waals surface area contributed by atoms with E-state index in [9.17, 15) is 0 Å². The predicted octanol–water partition coefficient (Wildman–Crippen LogP) is 1.72. The summed E-state index contributed by atoms with van der Waals surface area (Å²) >= 11 is 0. The largest absolute Gasteiger partial charge is 0.379 e. The molecule has 0 radical (unpaired) electrons. The van der Waals surface area contributed by atoms with Crippen molar-refractivity contribution in [3.8, 4) is 0 Å². The maximum absolute atomic E-state index is 5.53. The molecule has 0 spiro atoms. The molecule has 0 aromatic rings.